The van der Waals surface area contributed by atoms with E-state index >= 15 is 0 Å². The van der Waals surface area contributed by atoms with Gasteiger partial charge in [-0.25, -0.2) is 0 Å². The summed E-state index contributed by atoms with van der Waals surface area (Å²) in [4.78, 5) is 16.9. The number of nitrogens with zero attached hydrogens (tertiary/aromatic N) is 2. The first kappa shape index (κ1) is 20.9. The molecule has 0 radical (unpaired) electrons. The third-order valence-corrected chi connectivity index (χ3v) is 5.00. The van der Waals surface area contributed by atoms with Crippen LogP contribution in [0.5, 0.6) is 11.5 Å². The fourth-order valence-corrected chi connectivity index (χ4v) is 3.36. The highest BCUT2D eigenvalue weighted by molar-refractivity contribution is 5.92. The van der Waals surface area contributed by atoms with Gasteiger partial charge in [0.25, 0.3) is 0 Å². The number of ether oxygens (including phenoxy) is 2. The standard InChI is InChI=1S/C24H30N2O3/c1-3-17-29-22-11-9-20(18-23(22)28-2)10-12-24(27)26-15-13-25(14-16-26)19-21-7-5-4-6-8-21/h4-12,18H,3,13-17,19H2,1-2H3/b12-10+. The molecule has 0 N–H and O–H groups in total. The molecule has 1 heterocycles. The van der Waals surface area contributed by atoms with Crippen molar-refractivity contribution in [3.8, 4) is 11.5 Å². The Kier molecular flexibility index (Phi) is 7.70. The van der Waals surface area contributed by atoms with Crippen LogP contribution in [-0.4, -0.2) is 55.6 Å². The number of amides is 1. The number of carbonyl (C=O) groups excluding carboxylic acids is 1. The molecular weight excluding hydrogens is 364 g/mol. The molecule has 0 aliphatic carbocycles. The Morgan fingerprint density at radius 2 is 1.79 bits per heavy atom. The maximum atomic E-state index is 12.6. The van der Waals surface area contributed by atoms with E-state index in [-0.39, 0.29) is 5.91 Å². The van der Waals surface area contributed by atoms with Crippen molar-refractivity contribution in [2.24, 2.45) is 0 Å². The molecule has 2 aromatic carbocycles. The average molecular weight is 395 g/mol. The molecule has 3 rings (SSSR count). The second-order valence-electron chi connectivity index (χ2n) is 7.18. The van der Waals surface area contributed by atoms with Gasteiger partial charge < -0.3 is 14.4 Å². The highest BCUT2D eigenvalue weighted by atomic mass is 16.5. The van der Waals surface area contributed by atoms with Crippen LogP contribution in [0.2, 0.25) is 0 Å². The van der Waals surface area contributed by atoms with Gasteiger partial charge in [0.05, 0.1) is 13.7 Å². The first-order chi connectivity index (χ1) is 14.2. The molecule has 1 saturated heterocycles. The molecule has 0 aromatic heterocycles. The smallest absolute Gasteiger partial charge is 0.246 e. The Balaban J connectivity index is 1.52. The van der Waals surface area contributed by atoms with Crippen LogP contribution in [0.25, 0.3) is 6.08 Å². The van der Waals surface area contributed by atoms with Crippen LogP contribution in [0.4, 0.5) is 0 Å². The Morgan fingerprint density at radius 1 is 1.03 bits per heavy atom. The Labute approximate surface area is 173 Å². The largest absolute Gasteiger partial charge is 0.493 e. The summed E-state index contributed by atoms with van der Waals surface area (Å²) in [5.41, 5.74) is 2.23. The van der Waals surface area contributed by atoms with Crippen LogP contribution >= 0.6 is 0 Å². The van der Waals surface area contributed by atoms with Crippen molar-refractivity contribution in [2.75, 3.05) is 39.9 Å². The van der Waals surface area contributed by atoms with E-state index < -0.39 is 0 Å². The van der Waals surface area contributed by atoms with Crippen LogP contribution in [0.1, 0.15) is 24.5 Å². The van der Waals surface area contributed by atoms with Crippen molar-refractivity contribution in [1.82, 2.24) is 9.80 Å². The number of rotatable bonds is 8. The van der Waals surface area contributed by atoms with E-state index in [1.165, 1.54) is 5.56 Å². The first-order valence-electron chi connectivity index (χ1n) is 10.2. The average Bonchev–Trinajstić information content (AvgIpc) is 2.77. The third-order valence-electron chi connectivity index (χ3n) is 5.00. The molecule has 1 fully saturated rings. The number of benzene rings is 2. The van der Waals surface area contributed by atoms with Gasteiger partial charge in [-0.2, -0.15) is 0 Å². The molecule has 5 heteroatoms. The maximum Gasteiger partial charge on any atom is 0.246 e. The maximum absolute atomic E-state index is 12.6. The van der Waals surface area contributed by atoms with Crippen molar-refractivity contribution in [1.29, 1.82) is 0 Å². The number of hydrogen-bond acceptors (Lipinski definition) is 4. The normalized spacial score (nSPS) is 14.9. The second kappa shape index (κ2) is 10.7. The van der Waals surface area contributed by atoms with Gasteiger partial charge in [0.1, 0.15) is 0 Å². The number of methoxy groups -OCH3 is 1. The predicted octanol–water partition coefficient (Wildman–Crippen LogP) is 3.84. The van der Waals surface area contributed by atoms with E-state index in [1.54, 1.807) is 13.2 Å². The van der Waals surface area contributed by atoms with Crippen LogP contribution in [0, 0.1) is 0 Å². The molecule has 0 bridgehead atoms. The van der Waals surface area contributed by atoms with Crippen molar-refractivity contribution in [2.45, 2.75) is 19.9 Å². The molecule has 0 atom stereocenters. The summed E-state index contributed by atoms with van der Waals surface area (Å²) < 4.78 is 11.1. The minimum atomic E-state index is 0.0506. The molecule has 5 nitrogen and oxygen atoms in total. The minimum Gasteiger partial charge on any atom is -0.493 e. The lowest BCUT2D eigenvalue weighted by Gasteiger charge is -2.34. The summed E-state index contributed by atoms with van der Waals surface area (Å²) in [6.07, 6.45) is 4.43. The van der Waals surface area contributed by atoms with Crippen molar-refractivity contribution in [3.05, 3.63) is 65.7 Å². The minimum absolute atomic E-state index is 0.0506. The van der Waals surface area contributed by atoms with E-state index in [9.17, 15) is 4.79 Å². The quantitative estimate of drug-likeness (QED) is 0.638. The fraction of sp³-hybridized carbons (Fsp3) is 0.375. The number of carbonyl (C=O) groups is 1. The lowest BCUT2D eigenvalue weighted by atomic mass is 10.1. The molecular formula is C24H30N2O3. The zero-order valence-corrected chi connectivity index (χ0v) is 17.3. The highest BCUT2D eigenvalue weighted by Gasteiger charge is 2.19. The number of piperazine rings is 1. The van der Waals surface area contributed by atoms with E-state index in [2.05, 4.69) is 36.1 Å². The fourth-order valence-electron chi connectivity index (χ4n) is 3.36. The third kappa shape index (κ3) is 6.09. The summed E-state index contributed by atoms with van der Waals surface area (Å²) >= 11 is 0. The predicted molar refractivity (Wildman–Crippen MR) is 116 cm³/mol. The molecule has 154 valence electrons. The van der Waals surface area contributed by atoms with E-state index in [4.69, 9.17) is 9.47 Å². The Morgan fingerprint density at radius 3 is 2.48 bits per heavy atom. The van der Waals surface area contributed by atoms with Crippen LogP contribution in [0.15, 0.2) is 54.6 Å². The topological polar surface area (TPSA) is 42.0 Å². The first-order valence-corrected chi connectivity index (χ1v) is 10.2. The molecule has 29 heavy (non-hydrogen) atoms. The lowest BCUT2D eigenvalue weighted by molar-refractivity contribution is -0.127. The van der Waals surface area contributed by atoms with Crippen molar-refractivity contribution in [3.63, 3.8) is 0 Å². The van der Waals surface area contributed by atoms with Gasteiger partial charge in [-0.1, -0.05) is 43.3 Å². The van der Waals surface area contributed by atoms with Gasteiger partial charge in [0.2, 0.25) is 5.91 Å². The van der Waals surface area contributed by atoms with Crippen LogP contribution in [-0.2, 0) is 11.3 Å². The van der Waals surface area contributed by atoms with Crippen molar-refractivity contribution >= 4 is 12.0 Å². The summed E-state index contributed by atoms with van der Waals surface area (Å²) in [6, 6.07) is 16.2. The summed E-state index contributed by atoms with van der Waals surface area (Å²) in [7, 11) is 1.63. The monoisotopic (exact) mass is 394 g/mol. The molecule has 1 aliphatic rings. The molecule has 2 aromatic rings. The molecule has 0 saturated carbocycles. The zero-order chi connectivity index (χ0) is 20.5. The van der Waals surface area contributed by atoms with Gasteiger partial charge in [-0.15, -0.1) is 0 Å². The van der Waals surface area contributed by atoms with Crippen molar-refractivity contribution < 1.29 is 14.3 Å². The molecule has 1 amide bonds. The van der Waals surface area contributed by atoms with Gasteiger partial charge >= 0.3 is 0 Å². The summed E-state index contributed by atoms with van der Waals surface area (Å²) in [5, 5.41) is 0. The van der Waals surface area contributed by atoms with Crippen LogP contribution < -0.4 is 9.47 Å². The zero-order valence-electron chi connectivity index (χ0n) is 17.3. The SMILES string of the molecule is CCCOc1ccc(/C=C/C(=O)N2CCN(Cc3ccccc3)CC2)cc1OC. The number of hydrogen-bond donors (Lipinski definition) is 0. The Bertz CT molecular complexity index is 812. The van der Waals surface area contributed by atoms with Crippen LogP contribution in [0.3, 0.4) is 0 Å². The lowest BCUT2D eigenvalue weighted by Crippen LogP contribution is -2.47. The summed E-state index contributed by atoms with van der Waals surface area (Å²) in [5.74, 6) is 1.46. The summed E-state index contributed by atoms with van der Waals surface area (Å²) in [6.45, 7) is 6.95. The van der Waals surface area contributed by atoms with Gasteiger partial charge in [-0.3, -0.25) is 9.69 Å². The molecule has 0 unspecified atom stereocenters. The van der Waals surface area contributed by atoms with Gasteiger partial charge in [0.15, 0.2) is 11.5 Å². The molecule has 1 aliphatic heterocycles. The Hall–Kier alpha value is -2.79. The second-order valence-corrected chi connectivity index (χ2v) is 7.18. The highest BCUT2D eigenvalue weighted by Crippen LogP contribution is 2.28. The van der Waals surface area contributed by atoms with Gasteiger partial charge in [-0.05, 0) is 35.8 Å². The van der Waals surface area contributed by atoms with Gasteiger partial charge in [0, 0.05) is 38.8 Å². The van der Waals surface area contributed by atoms with E-state index in [0.717, 1.165) is 50.5 Å². The van der Waals surface area contributed by atoms with E-state index in [1.807, 2.05) is 35.2 Å². The van der Waals surface area contributed by atoms with E-state index in [0.29, 0.717) is 12.4 Å². The molecule has 0 spiro atoms.